The lowest BCUT2D eigenvalue weighted by Crippen LogP contribution is -2.15. The van der Waals surface area contributed by atoms with Crippen molar-refractivity contribution in [3.8, 4) is 11.5 Å². The summed E-state index contributed by atoms with van der Waals surface area (Å²) in [6.07, 6.45) is 0. The van der Waals surface area contributed by atoms with E-state index in [1.807, 2.05) is 0 Å². The largest absolute Gasteiger partial charge is 0.496 e. The minimum atomic E-state index is -3.85. The topological polar surface area (TPSA) is 81.7 Å². The fourth-order valence-corrected chi connectivity index (χ4v) is 3.60. The minimum absolute atomic E-state index is 0.0129. The van der Waals surface area contributed by atoms with Gasteiger partial charge in [-0.15, -0.1) is 0 Å². The molecule has 0 fully saturated rings. The monoisotopic (exact) mass is 349 g/mol. The fourth-order valence-electron chi connectivity index (χ4n) is 2.32. The number of methoxy groups -OCH3 is 2. The summed E-state index contributed by atoms with van der Waals surface area (Å²) in [7, 11) is -0.942. The van der Waals surface area contributed by atoms with E-state index in [9.17, 15) is 13.2 Å². The van der Waals surface area contributed by atoms with Crippen molar-refractivity contribution in [1.82, 2.24) is 0 Å². The first kappa shape index (κ1) is 17.8. The van der Waals surface area contributed by atoms with Crippen LogP contribution in [0, 0.1) is 6.92 Å². The van der Waals surface area contributed by atoms with Crippen molar-refractivity contribution in [3.63, 3.8) is 0 Å². The Morgan fingerprint density at radius 1 is 1.00 bits per heavy atom. The lowest BCUT2D eigenvalue weighted by atomic mass is 10.1. The summed E-state index contributed by atoms with van der Waals surface area (Å²) in [6.45, 7) is 3.17. The molecule has 0 bridgehead atoms. The van der Waals surface area contributed by atoms with Crippen LogP contribution in [0.3, 0.4) is 0 Å². The maximum Gasteiger partial charge on any atom is 0.265 e. The first-order chi connectivity index (χ1) is 11.3. The van der Waals surface area contributed by atoms with E-state index in [1.165, 1.54) is 39.3 Å². The summed E-state index contributed by atoms with van der Waals surface area (Å²) in [5, 5.41) is 0. The van der Waals surface area contributed by atoms with E-state index in [2.05, 4.69) is 4.72 Å². The van der Waals surface area contributed by atoms with Crippen molar-refractivity contribution in [2.24, 2.45) is 0 Å². The second kappa shape index (κ2) is 6.92. The molecule has 0 aromatic heterocycles. The zero-order valence-corrected chi connectivity index (χ0v) is 14.7. The highest BCUT2D eigenvalue weighted by atomic mass is 32.2. The van der Waals surface area contributed by atoms with E-state index < -0.39 is 10.0 Å². The van der Waals surface area contributed by atoms with Gasteiger partial charge in [0.25, 0.3) is 10.0 Å². The number of benzene rings is 2. The number of hydrogen-bond acceptors (Lipinski definition) is 5. The average Bonchev–Trinajstić information content (AvgIpc) is 2.54. The molecule has 2 rings (SSSR count). The molecule has 0 aliphatic carbocycles. The number of carbonyl (C=O) groups excluding carboxylic acids is 1. The van der Waals surface area contributed by atoms with E-state index >= 15 is 0 Å². The quantitative estimate of drug-likeness (QED) is 0.811. The van der Waals surface area contributed by atoms with Crippen LogP contribution in [0.15, 0.2) is 41.3 Å². The second-order valence-corrected chi connectivity index (χ2v) is 6.81. The number of Topliss-reactive ketones (excluding diaryl/α,β-unsaturated/α-hetero) is 1. The van der Waals surface area contributed by atoms with Gasteiger partial charge in [0.15, 0.2) is 5.78 Å². The summed E-state index contributed by atoms with van der Waals surface area (Å²) in [5.41, 5.74) is 1.46. The Morgan fingerprint density at radius 2 is 1.62 bits per heavy atom. The maximum atomic E-state index is 12.7. The first-order valence-electron chi connectivity index (χ1n) is 7.15. The number of sulfonamides is 1. The van der Waals surface area contributed by atoms with Gasteiger partial charge in [0.1, 0.15) is 16.4 Å². The molecule has 0 saturated carbocycles. The number of rotatable bonds is 6. The smallest absolute Gasteiger partial charge is 0.265 e. The lowest BCUT2D eigenvalue weighted by Gasteiger charge is -2.15. The molecular weight excluding hydrogens is 330 g/mol. The number of carbonyl (C=O) groups is 1. The third-order valence-corrected chi connectivity index (χ3v) is 4.98. The highest BCUT2D eigenvalue weighted by molar-refractivity contribution is 7.92. The molecule has 2 aromatic carbocycles. The molecule has 2 aromatic rings. The second-order valence-electron chi connectivity index (χ2n) is 5.16. The van der Waals surface area contributed by atoms with Gasteiger partial charge in [-0.05, 0) is 50.2 Å². The first-order valence-corrected chi connectivity index (χ1v) is 8.64. The number of nitrogens with one attached hydrogen (secondary N) is 1. The molecule has 0 atom stereocenters. The van der Waals surface area contributed by atoms with Crippen molar-refractivity contribution >= 4 is 21.5 Å². The van der Waals surface area contributed by atoms with Gasteiger partial charge in [-0.3, -0.25) is 9.52 Å². The van der Waals surface area contributed by atoms with Crippen LogP contribution in [-0.4, -0.2) is 28.4 Å². The van der Waals surface area contributed by atoms with Crippen LogP contribution in [0.1, 0.15) is 22.8 Å². The zero-order valence-electron chi connectivity index (χ0n) is 13.9. The molecular formula is C17H19NO5S. The van der Waals surface area contributed by atoms with Crippen molar-refractivity contribution in [2.45, 2.75) is 18.7 Å². The van der Waals surface area contributed by atoms with Crippen molar-refractivity contribution < 1.29 is 22.7 Å². The Labute approximate surface area is 141 Å². The highest BCUT2D eigenvalue weighted by Gasteiger charge is 2.23. The molecule has 0 heterocycles. The van der Waals surface area contributed by atoms with Crippen molar-refractivity contribution in [1.29, 1.82) is 0 Å². The molecule has 0 saturated heterocycles. The van der Waals surface area contributed by atoms with Crippen molar-refractivity contribution in [2.75, 3.05) is 18.9 Å². The zero-order chi connectivity index (χ0) is 17.9. The highest BCUT2D eigenvalue weighted by Crippen LogP contribution is 2.34. The predicted octanol–water partition coefficient (Wildman–Crippen LogP) is 3.02. The molecule has 0 aliphatic rings. The van der Waals surface area contributed by atoms with E-state index in [4.69, 9.17) is 9.47 Å². The van der Waals surface area contributed by atoms with Gasteiger partial charge >= 0.3 is 0 Å². The molecule has 128 valence electrons. The molecule has 6 nitrogen and oxygen atoms in total. The Balaban J connectivity index is 2.40. The summed E-state index contributed by atoms with van der Waals surface area (Å²) < 4.78 is 38.2. The van der Waals surface area contributed by atoms with Crippen LogP contribution >= 0.6 is 0 Å². The Morgan fingerprint density at radius 3 is 2.12 bits per heavy atom. The molecule has 1 N–H and O–H groups in total. The average molecular weight is 349 g/mol. The third kappa shape index (κ3) is 3.51. The van der Waals surface area contributed by atoms with Crippen LogP contribution in [-0.2, 0) is 10.0 Å². The van der Waals surface area contributed by atoms with Gasteiger partial charge in [0.05, 0.1) is 14.2 Å². The lowest BCUT2D eigenvalue weighted by molar-refractivity contribution is 0.101. The molecule has 0 amide bonds. The molecule has 0 aliphatic heterocycles. The molecule has 0 unspecified atom stereocenters. The number of hydrogen-bond donors (Lipinski definition) is 1. The number of anilines is 1. The molecule has 0 radical (unpaired) electrons. The molecule has 7 heteroatoms. The SMILES string of the molecule is COc1ccc(S(=O)(=O)Nc2ccc(C(C)=O)cc2)c(OC)c1C. The van der Waals surface area contributed by atoms with Crippen LogP contribution in [0.25, 0.3) is 0 Å². The van der Waals surface area contributed by atoms with Gasteiger partial charge in [-0.2, -0.15) is 0 Å². The Bertz CT molecular complexity index is 857. The van der Waals surface area contributed by atoms with Gasteiger partial charge in [-0.25, -0.2) is 8.42 Å². The normalized spacial score (nSPS) is 11.0. The number of ether oxygens (including phenoxy) is 2. The van der Waals surface area contributed by atoms with Crippen LogP contribution < -0.4 is 14.2 Å². The van der Waals surface area contributed by atoms with E-state index in [0.717, 1.165) is 0 Å². The summed E-state index contributed by atoms with van der Waals surface area (Å²) in [5.74, 6) is 0.677. The fraction of sp³-hybridized carbons (Fsp3) is 0.235. The minimum Gasteiger partial charge on any atom is -0.496 e. The van der Waals surface area contributed by atoms with Crippen LogP contribution in [0.5, 0.6) is 11.5 Å². The van der Waals surface area contributed by atoms with E-state index in [-0.39, 0.29) is 16.4 Å². The van der Waals surface area contributed by atoms with E-state index in [0.29, 0.717) is 22.6 Å². The van der Waals surface area contributed by atoms with Crippen molar-refractivity contribution in [3.05, 3.63) is 47.5 Å². The van der Waals surface area contributed by atoms with Gasteiger partial charge < -0.3 is 9.47 Å². The maximum absolute atomic E-state index is 12.7. The standard InChI is InChI=1S/C17H19NO5S/c1-11-15(22-3)9-10-16(17(11)23-4)24(20,21)18-14-7-5-13(6-8-14)12(2)19/h5-10,18H,1-4H3. The summed E-state index contributed by atoms with van der Waals surface area (Å²) >= 11 is 0. The number of ketones is 1. The Hall–Kier alpha value is -2.54. The van der Waals surface area contributed by atoms with Crippen LogP contribution in [0.2, 0.25) is 0 Å². The van der Waals surface area contributed by atoms with Gasteiger partial charge in [-0.1, -0.05) is 0 Å². The van der Waals surface area contributed by atoms with Crippen LogP contribution in [0.4, 0.5) is 5.69 Å². The predicted molar refractivity (Wildman–Crippen MR) is 91.5 cm³/mol. The Kier molecular flexibility index (Phi) is 5.14. The summed E-state index contributed by atoms with van der Waals surface area (Å²) in [4.78, 5) is 11.3. The van der Waals surface area contributed by atoms with Gasteiger partial charge in [0, 0.05) is 16.8 Å². The summed E-state index contributed by atoms with van der Waals surface area (Å²) in [6, 6.07) is 9.21. The molecule has 0 spiro atoms. The third-order valence-electron chi connectivity index (χ3n) is 3.58. The van der Waals surface area contributed by atoms with E-state index in [1.54, 1.807) is 25.1 Å². The van der Waals surface area contributed by atoms with Gasteiger partial charge in [0.2, 0.25) is 0 Å². The molecule has 24 heavy (non-hydrogen) atoms.